The Balaban J connectivity index is 2.36. The number of aromatic nitrogens is 2. The van der Waals surface area contributed by atoms with Crippen LogP contribution in [0.3, 0.4) is 0 Å². The summed E-state index contributed by atoms with van der Waals surface area (Å²) in [5.74, 6) is 1.84. The first-order valence-electron chi connectivity index (χ1n) is 6.91. The van der Waals surface area contributed by atoms with Crippen LogP contribution in [-0.4, -0.2) is 23.1 Å². The second-order valence-corrected chi connectivity index (χ2v) is 5.79. The van der Waals surface area contributed by atoms with Gasteiger partial charge in [0.15, 0.2) is 0 Å². The van der Waals surface area contributed by atoms with Crippen molar-refractivity contribution in [3.05, 3.63) is 29.0 Å². The van der Waals surface area contributed by atoms with Crippen molar-refractivity contribution < 1.29 is 0 Å². The highest BCUT2D eigenvalue weighted by atomic mass is 35.5. The van der Waals surface area contributed by atoms with Gasteiger partial charge in [0.1, 0.15) is 5.82 Å². The van der Waals surface area contributed by atoms with E-state index < -0.39 is 0 Å². The molecule has 0 spiro atoms. The van der Waals surface area contributed by atoms with E-state index in [0.717, 1.165) is 35.9 Å². The van der Waals surface area contributed by atoms with Crippen LogP contribution in [0.5, 0.6) is 0 Å². The van der Waals surface area contributed by atoms with E-state index in [-0.39, 0.29) is 0 Å². The summed E-state index contributed by atoms with van der Waals surface area (Å²) in [4.78, 5) is 4.73. The number of benzene rings is 1. The van der Waals surface area contributed by atoms with Crippen LogP contribution >= 0.6 is 11.6 Å². The van der Waals surface area contributed by atoms with E-state index in [4.69, 9.17) is 16.6 Å². The minimum absolute atomic E-state index is 0.696. The fraction of sp³-hybridized carbons (Fsp3) is 0.533. The average Bonchev–Trinajstić information content (AvgIpc) is 2.70. The van der Waals surface area contributed by atoms with Crippen LogP contribution in [0, 0.1) is 5.92 Å². The Morgan fingerprint density at radius 2 is 2.16 bits per heavy atom. The monoisotopic (exact) mass is 279 g/mol. The third kappa shape index (κ3) is 3.48. The summed E-state index contributed by atoms with van der Waals surface area (Å²) < 4.78 is 2.34. The number of nitrogens with one attached hydrogen (secondary N) is 1. The molecule has 1 aromatic carbocycles. The van der Waals surface area contributed by atoms with Gasteiger partial charge >= 0.3 is 0 Å². The number of rotatable bonds is 6. The second-order valence-electron chi connectivity index (χ2n) is 5.35. The van der Waals surface area contributed by atoms with Crippen LogP contribution in [0.25, 0.3) is 11.0 Å². The zero-order valence-electron chi connectivity index (χ0n) is 11.9. The van der Waals surface area contributed by atoms with Crippen molar-refractivity contribution in [1.29, 1.82) is 0 Å². The Kier molecular flexibility index (Phi) is 4.83. The third-order valence-corrected chi connectivity index (χ3v) is 3.55. The number of halogens is 1. The normalized spacial score (nSPS) is 11.6. The first kappa shape index (κ1) is 14.4. The Morgan fingerprint density at radius 3 is 2.84 bits per heavy atom. The van der Waals surface area contributed by atoms with Crippen molar-refractivity contribution in [1.82, 2.24) is 14.9 Å². The van der Waals surface area contributed by atoms with Crippen molar-refractivity contribution in [3.8, 4) is 0 Å². The van der Waals surface area contributed by atoms with E-state index in [2.05, 4.69) is 29.8 Å². The summed E-state index contributed by atoms with van der Waals surface area (Å²) >= 11 is 6.05. The van der Waals surface area contributed by atoms with Gasteiger partial charge < -0.3 is 9.88 Å². The zero-order valence-corrected chi connectivity index (χ0v) is 12.7. The molecule has 0 saturated carbocycles. The molecule has 1 heterocycles. The molecular formula is C15H22ClN3. The number of nitrogens with zero attached hydrogens (tertiary/aromatic N) is 2. The van der Waals surface area contributed by atoms with E-state index in [1.54, 1.807) is 0 Å². The van der Waals surface area contributed by atoms with E-state index >= 15 is 0 Å². The van der Waals surface area contributed by atoms with Crippen LogP contribution in [0.15, 0.2) is 18.2 Å². The number of hydrogen-bond acceptors (Lipinski definition) is 2. The van der Waals surface area contributed by atoms with E-state index in [1.165, 1.54) is 11.9 Å². The highest BCUT2D eigenvalue weighted by molar-refractivity contribution is 6.31. The summed E-state index contributed by atoms with van der Waals surface area (Å²) in [6, 6.07) is 5.97. The van der Waals surface area contributed by atoms with Gasteiger partial charge in [-0.25, -0.2) is 4.98 Å². The smallest absolute Gasteiger partial charge is 0.111 e. The van der Waals surface area contributed by atoms with Gasteiger partial charge in [0.2, 0.25) is 0 Å². The lowest BCUT2D eigenvalue weighted by Crippen LogP contribution is -2.14. The first-order valence-corrected chi connectivity index (χ1v) is 7.29. The highest BCUT2D eigenvalue weighted by Gasteiger charge is 2.11. The van der Waals surface area contributed by atoms with Gasteiger partial charge in [0.25, 0.3) is 0 Å². The number of imidazole rings is 1. The molecule has 0 saturated heterocycles. The summed E-state index contributed by atoms with van der Waals surface area (Å²) in [6.45, 7) is 6.47. The van der Waals surface area contributed by atoms with Gasteiger partial charge in [-0.15, -0.1) is 0 Å². The molecule has 0 aliphatic carbocycles. The molecule has 1 aromatic heterocycles. The average molecular weight is 280 g/mol. The molecule has 0 amide bonds. The maximum absolute atomic E-state index is 6.05. The maximum Gasteiger partial charge on any atom is 0.111 e. The largest absolute Gasteiger partial charge is 0.328 e. The number of aryl methyl sites for hydroxylation is 1. The summed E-state index contributed by atoms with van der Waals surface area (Å²) in [5, 5.41) is 3.94. The van der Waals surface area contributed by atoms with Gasteiger partial charge in [-0.2, -0.15) is 0 Å². The van der Waals surface area contributed by atoms with Crippen LogP contribution in [0.4, 0.5) is 0 Å². The van der Waals surface area contributed by atoms with Crippen molar-refractivity contribution in [2.75, 3.05) is 13.6 Å². The van der Waals surface area contributed by atoms with Crippen molar-refractivity contribution in [2.24, 2.45) is 5.92 Å². The summed E-state index contributed by atoms with van der Waals surface area (Å²) in [7, 11) is 1.97. The molecule has 0 atom stereocenters. The molecular weight excluding hydrogens is 258 g/mol. The molecule has 3 nitrogen and oxygen atoms in total. The zero-order chi connectivity index (χ0) is 13.8. The molecule has 0 radical (unpaired) electrons. The van der Waals surface area contributed by atoms with Crippen molar-refractivity contribution in [2.45, 2.75) is 33.2 Å². The molecule has 0 unspecified atom stereocenters. The van der Waals surface area contributed by atoms with Gasteiger partial charge in [-0.3, -0.25) is 0 Å². The fourth-order valence-electron chi connectivity index (χ4n) is 2.22. The Labute approximate surface area is 120 Å². The molecule has 1 N–H and O–H groups in total. The summed E-state index contributed by atoms with van der Waals surface area (Å²) in [6.07, 6.45) is 2.11. The standard InChI is InChI=1S/C15H22ClN3/c1-11(2)7-9-19-14-5-4-12(16)10-13(14)18-15(19)6-8-17-3/h4-5,10-11,17H,6-9H2,1-3H3. The molecule has 4 heteroatoms. The quantitative estimate of drug-likeness (QED) is 0.877. The lowest BCUT2D eigenvalue weighted by Gasteiger charge is -2.11. The van der Waals surface area contributed by atoms with Gasteiger partial charge in [0.05, 0.1) is 11.0 Å². The predicted molar refractivity (Wildman–Crippen MR) is 81.8 cm³/mol. The lowest BCUT2D eigenvalue weighted by atomic mass is 10.1. The van der Waals surface area contributed by atoms with Gasteiger partial charge in [-0.1, -0.05) is 25.4 Å². The third-order valence-electron chi connectivity index (χ3n) is 3.32. The first-order chi connectivity index (χ1) is 9.11. The van der Waals surface area contributed by atoms with E-state index in [0.29, 0.717) is 5.92 Å². The predicted octanol–water partition coefficient (Wildman–Crippen LogP) is 3.50. The van der Waals surface area contributed by atoms with Crippen LogP contribution < -0.4 is 5.32 Å². The molecule has 2 rings (SSSR count). The number of hydrogen-bond donors (Lipinski definition) is 1. The minimum Gasteiger partial charge on any atom is -0.328 e. The van der Waals surface area contributed by atoms with Crippen LogP contribution in [0.2, 0.25) is 5.02 Å². The Hall–Kier alpha value is -1.06. The second kappa shape index (κ2) is 6.40. The fourth-order valence-corrected chi connectivity index (χ4v) is 2.38. The molecule has 104 valence electrons. The van der Waals surface area contributed by atoms with Crippen LogP contribution in [0.1, 0.15) is 26.1 Å². The topological polar surface area (TPSA) is 29.9 Å². The minimum atomic E-state index is 0.696. The van der Waals surface area contributed by atoms with Gasteiger partial charge in [-0.05, 0) is 37.6 Å². The maximum atomic E-state index is 6.05. The van der Waals surface area contributed by atoms with Crippen molar-refractivity contribution in [3.63, 3.8) is 0 Å². The van der Waals surface area contributed by atoms with E-state index in [1.807, 2.05) is 19.2 Å². The molecule has 0 bridgehead atoms. The lowest BCUT2D eigenvalue weighted by molar-refractivity contribution is 0.510. The SMILES string of the molecule is CNCCc1nc2cc(Cl)ccc2n1CCC(C)C. The molecule has 19 heavy (non-hydrogen) atoms. The van der Waals surface area contributed by atoms with E-state index in [9.17, 15) is 0 Å². The molecule has 2 aromatic rings. The Morgan fingerprint density at radius 1 is 1.37 bits per heavy atom. The number of fused-ring (bicyclic) bond motifs is 1. The Bertz CT molecular complexity index is 546. The molecule has 0 aliphatic rings. The summed E-state index contributed by atoms with van der Waals surface area (Å²) in [5.41, 5.74) is 2.19. The molecule has 0 fully saturated rings. The van der Waals surface area contributed by atoms with Gasteiger partial charge in [0, 0.05) is 24.5 Å². The van der Waals surface area contributed by atoms with Crippen molar-refractivity contribution >= 4 is 22.6 Å². The molecule has 0 aliphatic heterocycles. The van der Waals surface area contributed by atoms with Crippen LogP contribution in [-0.2, 0) is 13.0 Å². The highest BCUT2D eigenvalue weighted by Crippen LogP contribution is 2.22. The number of likely N-dealkylation sites (N-methyl/N-ethyl adjacent to an activating group) is 1.